The van der Waals surface area contributed by atoms with Gasteiger partial charge in [0.2, 0.25) is 0 Å². The first-order chi connectivity index (χ1) is 5.08. The van der Waals surface area contributed by atoms with Gasteiger partial charge in [0.1, 0.15) is 5.75 Å². The van der Waals surface area contributed by atoms with Crippen molar-refractivity contribution >= 4 is 111 Å². The van der Waals surface area contributed by atoms with Crippen LogP contribution in [0.1, 0.15) is 0 Å². The molecule has 0 aliphatic rings. The zero-order valence-corrected chi connectivity index (χ0v) is 6.44. The van der Waals surface area contributed by atoms with E-state index in [9.17, 15) is 4.57 Å². The van der Waals surface area contributed by atoms with Crippen LogP contribution < -0.4 is 4.52 Å². The molecule has 0 aliphatic heterocycles. The summed E-state index contributed by atoms with van der Waals surface area (Å²) in [6, 6.07) is 7.93. The van der Waals surface area contributed by atoms with E-state index < -0.39 is 7.82 Å². The fourth-order valence-electron chi connectivity index (χ4n) is 0.619. The van der Waals surface area contributed by atoms with Crippen molar-refractivity contribution in [2.75, 3.05) is 0 Å². The number of para-hydroxylation sites is 1. The van der Waals surface area contributed by atoms with E-state index in [1.807, 2.05) is 0 Å². The summed E-state index contributed by atoms with van der Waals surface area (Å²) in [5.41, 5.74) is 0. The maximum absolute atomic E-state index is 10.3. The summed E-state index contributed by atoms with van der Waals surface area (Å²) >= 11 is 0. The predicted molar refractivity (Wildman–Crippen MR) is 53.4 cm³/mol. The van der Waals surface area contributed by atoms with Crippen LogP contribution in [0.25, 0.3) is 0 Å². The first kappa shape index (κ1) is 17.8. The zero-order chi connectivity index (χ0) is 8.32. The Morgan fingerprint density at radius 2 is 1.54 bits per heavy atom. The maximum atomic E-state index is 10.3. The van der Waals surface area contributed by atoms with Crippen LogP contribution in [0.15, 0.2) is 30.3 Å². The van der Waals surface area contributed by atoms with Crippen LogP contribution in [0.3, 0.4) is 0 Å². The van der Waals surface area contributed by atoms with Crippen molar-refractivity contribution in [3.05, 3.63) is 30.3 Å². The molecule has 64 valence electrons. The Balaban J connectivity index is 0. The Morgan fingerprint density at radius 3 is 1.92 bits per heavy atom. The minimum atomic E-state index is -4.39. The number of hydrogen-bond donors (Lipinski definition) is 2. The third kappa shape index (κ3) is 9.38. The molecule has 0 amide bonds. The first-order valence-corrected chi connectivity index (χ1v) is 4.41. The van der Waals surface area contributed by atoms with Crippen molar-refractivity contribution in [1.29, 1.82) is 0 Å². The summed E-state index contributed by atoms with van der Waals surface area (Å²) in [5, 5.41) is 0. The average molecular weight is 254 g/mol. The Labute approximate surface area is 162 Å². The van der Waals surface area contributed by atoms with Crippen molar-refractivity contribution < 1.29 is 18.9 Å². The molecule has 0 heterocycles. The third-order valence-electron chi connectivity index (χ3n) is 0.968. The molecule has 0 fully saturated rings. The number of hydrogen-bond acceptors (Lipinski definition) is 2. The van der Waals surface area contributed by atoms with Crippen LogP contribution >= 0.6 is 7.82 Å². The zero-order valence-electron chi connectivity index (χ0n) is 5.54. The van der Waals surface area contributed by atoms with Crippen LogP contribution in [0.2, 0.25) is 0 Å². The SMILES string of the molecule is O=P(O)(O)Oc1ccccc1.[KH].[KH]. The van der Waals surface area contributed by atoms with E-state index >= 15 is 0 Å². The van der Waals surface area contributed by atoms with E-state index in [-0.39, 0.29) is 109 Å². The van der Waals surface area contributed by atoms with E-state index in [2.05, 4.69) is 4.52 Å². The van der Waals surface area contributed by atoms with Crippen LogP contribution in [0.4, 0.5) is 0 Å². The monoisotopic (exact) mass is 254 g/mol. The van der Waals surface area contributed by atoms with Crippen LogP contribution in [-0.2, 0) is 4.57 Å². The van der Waals surface area contributed by atoms with Gasteiger partial charge in [-0.05, 0) is 12.1 Å². The molecule has 1 aromatic carbocycles. The second-order valence-corrected chi connectivity index (χ2v) is 3.06. The number of phosphoric acid groups is 1. The van der Waals surface area contributed by atoms with Crippen molar-refractivity contribution in [2.45, 2.75) is 0 Å². The number of rotatable bonds is 2. The number of phosphoric ester groups is 1. The first-order valence-electron chi connectivity index (χ1n) is 2.88. The average Bonchev–Trinajstić information content (AvgIpc) is 1.85. The standard InChI is InChI=1S/C6H7O4P.2K.2H/c7-11(8,9)10-6-4-2-1-3-5-6;;;;/h1-5H,(H2,7,8,9);;;;. The van der Waals surface area contributed by atoms with E-state index in [1.54, 1.807) is 18.2 Å². The third-order valence-corrected chi connectivity index (χ3v) is 1.42. The molecule has 0 saturated carbocycles. The Kier molecular flexibility index (Phi) is 11.8. The molecule has 0 radical (unpaired) electrons. The molecule has 2 N–H and O–H groups in total. The van der Waals surface area contributed by atoms with Crippen molar-refractivity contribution in [3.63, 3.8) is 0 Å². The number of benzene rings is 1. The van der Waals surface area contributed by atoms with Crippen molar-refractivity contribution in [1.82, 2.24) is 0 Å². The Morgan fingerprint density at radius 1 is 1.08 bits per heavy atom. The van der Waals surface area contributed by atoms with E-state index in [4.69, 9.17) is 9.79 Å². The molecule has 0 saturated heterocycles. The van der Waals surface area contributed by atoms with Gasteiger partial charge in [0.25, 0.3) is 0 Å². The molecule has 0 unspecified atom stereocenters. The van der Waals surface area contributed by atoms with Crippen molar-refractivity contribution in [3.8, 4) is 5.75 Å². The summed E-state index contributed by atoms with van der Waals surface area (Å²) in [7, 11) is -4.39. The van der Waals surface area contributed by atoms with Gasteiger partial charge >= 0.3 is 111 Å². The van der Waals surface area contributed by atoms with Crippen LogP contribution in [0.5, 0.6) is 5.75 Å². The molecule has 0 bridgehead atoms. The van der Waals surface area contributed by atoms with Gasteiger partial charge in [-0.1, -0.05) is 18.2 Å². The molecular formula is C6H9K2O4P. The quantitative estimate of drug-likeness (QED) is 0.569. The summed E-state index contributed by atoms with van der Waals surface area (Å²) < 4.78 is 14.5. The van der Waals surface area contributed by atoms with Crippen LogP contribution in [-0.4, -0.2) is 113 Å². The van der Waals surface area contributed by atoms with Gasteiger partial charge < -0.3 is 4.52 Å². The molecule has 0 spiro atoms. The Hall–Kier alpha value is 2.44. The van der Waals surface area contributed by atoms with Gasteiger partial charge in [0.05, 0.1) is 0 Å². The van der Waals surface area contributed by atoms with Crippen LogP contribution in [0, 0.1) is 0 Å². The second-order valence-electron chi connectivity index (χ2n) is 1.89. The predicted octanol–water partition coefficient (Wildman–Crippen LogP) is -0.139. The second kappa shape index (κ2) is 8.58. The summed E-state index contributed by atoms with van der Waals surface area (Å²) in [4.78, 5) is 16.7. The fraction of sp³-hybridized carbons (Fsp3) is 0. The van der Waals surface area contributed by atoms with Gasteiger partial charge in [0, 0.05) is 0 Å². The van der Waals surface area contributed by atoms with Gasteiger partial charge in [-0.15, -0.1) is 0 Å². The van der Waals surface area contributed by atoms with Gasteiger partial charge in [0.15, 0.2) is 0 Å². The molecular weight excluding hydrogens is 245 g/mol. The van der Waals surface area contributed by atoms with Gasteiger partial charge in [-0.2, -0.15) is 0 Å². The molecule has 7 heteroatoms. The molecule has 0 aliphatic carbocycles. The van der Waals surface area contributed by atoms with E-state index in [0.29, 0.717) is 0 Å². The van der Waals surface area contributed by atoms with Gasteiger partial charge in [-0.3, -0.25) is 9.79 Å². The van der Waals surface area contributed by atoms with E-state index in [1.165, 1.54) is 12.1 Å². The molecule has 13 heavy (non-hydrogen) atoms. The molecule has 0 aromatic heterocycles. The van der Waals surface area contributed by atoms with Crippen molar-refractivity contribution in [2.24, 2.45) is 0 Å². The fourth-order valence-corrected chi connectivity index (χ4v) is 1.02. The molecule has 1 aromatic rings. The molecule has 1 rings (SSSR count). The summed E-state index contributed by atoms with van der Waals surface area (Å²) in [6.45, 7) is 0. The van der Waals surface area contributed by atoms with Gasteiger partial charge in [-0.25, -0.2) is 4.57 Å². The summed E-state index contributed by atoms with van der Waals surface area (Å²) in [6.07, 6.45) is 0. The topological polar surface area (TPSA) is 66.8 Å². The normalized spacial score (nSPS) is 9.38. The summed E-state index contributed by atoms with van der Waals surface area (Å²) in [5.74, 6) is 0.167. The Bertz CT molecular complexity index is 273. The minimum absolute atomic E-state index is 0. The van der Waals surface area contributed by atoms with E-state index in [0.717, 1.165) is 0 Å². The molecule has 0 atom stereocenters. The molecule has 4 nitrogen and oxygen atoms in total.